The SMILES string of the molecule is OC[C@H]1O[C@@H](n2cnc3c(N(c4cc(Cl)ncn4)[C@H]4CCNC4)ncnc32)[C@@H](O)[C@H]1O. The van der Waals surface area contributed by atoms with Crippen molar-refractivity contribution < 1.29 is 20.1 Å². The average Bonchev–Trinajstić information content (AvgIpc) is 3.50. The smallest absolute Gasteiger partial charge is 0.167 e. The molecule has 4 N–H and O–H groups in total. The van der Waals surface area contributed by atoms with E-state index < -0.39 is 31.1 Å². The van der Waals surface area contributed by atoms with E-state index in [0.29, 0.717) is 28.0 Å². The summed E-state index contributed by atoms with van der Waals surface area (Å²) in [7, 11) is 0. The Kier molecular flexibility index (Phi) is 5.42. The van der Waals surface area contributed by atoms with Gasteiger partial charge in [0.25, 0.3) is 0 Å². The van der Waals surface area contributed by atoms with Crippen molar-refractivity contribution in [3.63, 3.8) is 0 Å². The molecule has 5 rings (SSSR count). The Bertz CT molecular complexity index is 1080. The maximum Gasteiger partial charge on any atom is 0.167 e. The minimum atomic E-state index is -1.25. The lowest BCUT2D eigenvalue weighted by Gasteiger charge is -2.28. The first kappa shape index (κ1) is 20.4. The number of hydrogen-bond donors (Lipinski definition) is 4. The summed E-state index contributed by atoms with van der Waals surface area (Å²) < 4.78 is 7.17. The lowest BCUT2D eigenvalue weighted by Crippen LogP contribution is -2.34. The van der Waals surface area contributed by atoms with Crippen molar-refractivity contribution in [3.8, 4) is 0 Å². The monoisotopic (exact) mass is 448 g/mol. The van der Waals surface area contributed by atoms with Crippen LogP contribution in [0.25, 0.3) is 11.2 Å². The summed E-state index contributed by atoms with van der Waals surface area (Å²) in [5, 5.41) is 33.6. The molecule has 0 unspecified atom stereocenters. The highest BCUT2D eigenvalue weighted by Gasteiger charge is 2.44. The molecule has 0 aromatic carbocycles. The van der Waals surface area contributed by atoms with E-state index >= 15 is 0 Å². The fourth-order valence-electron chi connectivity index (χ4n) is 4.10. The number of aliphatic hydroxyl groups is 3. The predicted molar refractivity (Wildman–Crippen MR) is 109 cm³/mol. The molecule has 3 aromatic heterocycles. The van der Waals surface area contributed by atoms with Crippen LogP contribution in [-0.4, -0.2) is 88.9 Å². The van der Waals surface area contributed by atoms with Gasteiger partial charge in [0.15, 0.2) is 23.2 Å². The van der Waals surface area contributed by atoms with Crippen molar-refractivity contribution in [2.45, 2.75) is 37.0 Å². The number of hydrogen-bond acceptors (Lipinski definition) is 11. The zero-order valence-corrected chi connectivity index (χ0v) is 17.0. The molecular formula is C18H21ClN8O4. The minimum absolute atomic E-state index is 0.0585. The van der Waals surface area contributed by atoms with Crippen molar-refractivity contribution in [1.82, 2.24) is 34.8 Å². The molecule has 2 saturated heterocycles. The highest BCUT2D eigenvalue weighted by atomic mass is 35.5. The Balaban J connectivity index is 1.60. The second-order valence-electron chi connectivity index (χ2n) is 7.47. The van der Waals surface area contributed by atoms with E-state index in [1.807, 2.05) is 4.90 Å². The Morgan fingerprint density at radius 3 is 2.71 bits per heavy atom. The predicted octanol–water partition coefficient (Wildman–Crippen LogP) is -0.619. The molecule has 31 heavy (non-hydrogen) atoms. The number of nitrogens with one attached hydrogen (secondary N) is 1. The van der Waals surface area contributed by atoms with Crippen LogP contribution in [0.3, 0.4) is 0 Å². The molecule has 0 bridgehead atoms. The maximum absolute atomic E-state index is 10.4. The number of rotatable bonds is 5. The summed E-state index contributed by atoms with van der Waals surface area (Å²) in [6, 6.07) is 1.72. The summed E-state index contributed by atoms with van der Waals surface area (Å²) in [5.74, 6) is 1.11. The van der Waals surface area contributed by atoms with Crippen LogP contribution in [0.1, 0.15) is 12.6 Å². The first-order valence-corrected chi connectivity index (χ1v) is 10.2. The van der Waals surface area contributed by atoms with Crippen molar-refractivity contribution in [2.75, 3.05) is 24.6 Å². The van der Waals surface area contributed by atoms with Gasteiger partial charge in [-0.2, -0.15) is 0 Å². The molecule has 0 amide bonds. The summed E-state index contributed by atoms with van der Waals surface area (Å²) in [4.78, 5) is 23.6. The lowest BCUT2D eigenvalue weighted by atomic mass is 10.1. The number of aliphatic hydroxyl groups excluding tert-OH is 3. The van der Waals surface area contributed by atoms with E-state index in [9.17, 15) is 15.3 Å². The van der Waals surface area contributed by atoms with Crippen LogP contribution >= 0.6 is 11.6 Å². The Hall–Kier alpha value is -2.48. The van der Waals surface area contributed by atoms with Crippen LogP contribution in [0.15, 0.2) is 25.0 Å². The van der Waals surface area contributed by atoms with Crippen molar-refractivity contribution in [1.29, 1.82) is 0 Å². The highest BCUT2D eigenvalue weighted by molar-refractivity contribution is 6.29. The number of fused-ring (bicyclic) bond motifs is 1. The summed E-state index contributed by atoms with van der Waals surface area (Å²) in [6.45, 7) is 1.16. The van der Waals surface area contributed by atoms with Gasteiger partial charge in [0.1, 0.15) is 41.9 Å². The van der Waals surface area contributed by atoms with Crippen LogP contribution in [-0.2, 0) is 4.74 Å². The molecule has 0 saturated carbocycles. The molecule has 3 aromatic rings. The van der Waals surface area contributed by atoms with Gasteiger partial charge in [0.2, 0.25) is 0 Å². The van der Waals surface area contributed by atoms with Gasteiger partial charge in [-0.1, -0.05) is 11.6 Å². The summed E-state index contributed by atoms with van der Waals surface area (Å²) >= 11 is 6.11. The van der Waals surface area contributed by atoms with Crippen LogP contribution in [0.4, 0.5) is 11.6 Å². The number of nitrogens with zero attached hydrogens (tertiary/aromatic N) is 7. The normalized spacial score (nSPS) is 28.5. The standard InChI is InChI=1S/C18H21ClN8O4/c19-11-3-12(22-6-21-11)27(9-1-2-20-4-9)17-13-16(23-7-24-17)26(8-25-13)18-15(30)14(29)10(5-28)31-18/h3,6-10,14-15,18,20,28-30H,1-2,4-5H2/t9-,10+,14-,15-,18+/m0/s1. The summed E-state index contributed by atoms with van der Waals surface area (Å²) in [5.41, 5.74) is 0.887. The number of anilines is 2. The van der Waals surface area contributed by atoms with E-state index in [1.54, 1.807) is 6.07 Å². The topological polar surface area (TPSA) is 155 Å². The van der Waals surface area contributed by atoms with Crippen molar-refractivity contribution in [3.05, 3.63) is 30.2 Å². The highest BCUT2D eigenvalue weighted by Crippen LogP contribution is 2.35. The fourth-order valence-corrected chi connectivity index (χ4v) is 4.24. The van der Waals surface area contributed by atoms with E-state index in [-0.39, 0.29) is 6.04 Å². The van der Waals surface area contributed by atoms with Crippen LogP contribution < -0.4 is 10.2 Å². The van der Waals surface area contributed by atoms with Crippen molar-refractivity contribution >= 4 is 34.4 Å². The van der Waals surface area contributed by atoms with E-state index in [0.717, 1.165) is 19.5 Å². The Morgan fingerprint density at radius 1 is 1.16 bits per heavy atom. The van der Waals surface area contributed by atoms with Gasteiger partial charge < -0.3 is 30.3 Å². The Labute approximate surface area is 181 Å². The number of aromatic nitrogens is 6. The molecule has 2 fully saturated rings. The van der Waals surface area contributed by atoms with Crippen LogP contribution in [0.2, 0.25) is 5.15 Å². The van der Waals surface area contributed by atoms with Crippen LogP contribution in [0.5, 0.6) is 0 Å². The van der Waals surface area contributed by atoms with Crippen LogP contribution in [0, 0.1) is 0 Å². The average molecular weight is 449 g/mol. The maximum atomic E-state index is 10.4. The third-order valence-corrected chi connectivity index (χ3v) is 5.83. The number of halogens is 1. The summed E-state index contributed by atoms with van der Waals surface area (Å²) in [6.07, 6.45) is 0.808. The lowest BCUT2D eigenvalue weighted by molar-refractivity contribution is -0.0511. The first-order valence-electron chi connectivity index (χ1n) is 9.86. The molecule has 5 heterocycles. The van der Waals surface area contributed by atoms with E-state index in [4.69, 9.17) is 16.3 Å². The third-order valence-electron chi connectivity index (χ3n) is 5.62. The number of imidazole rings is 1. The largest absolute Gasteiger partial charge is 0.394 e. The fraction of sp³-hybridized carbons (Fsp3) is 0.500. The molecule has 0 radical (unpaired) electrons. The van der Waals surface area contributed by atoms with Crippen molar-refractivity contribution in [2.24, 2.45) is 0 Å². The molecule has 12 nitrogen and oxygen atoms in total. The van der Waals surface area contributed by atoms with Gasteiger partial charge in [0.05, 0.1) is 19.0 Å². The van der Waals surface area contributed by atoms with Gasteiger partial charge in [0, 0.05) is 12.6 Å². The van der Waals surface area contributed by atoms with Gasteiger partial charge in [-0.15, -0.1) is 0 Å². The molecule has 2 aliphatic rings. The second-order valence-corrected chi connectivity index (χ2v) is 7.85. The molecule has 0 spiro atoms. The quantitative estimate of drug-likeness (QED) is 0.369. The minimum Gasteiger partial charge on any atom is -0.394 e. The molecule has 5 atom stereocenters. The zero-order valence-electron chi connectivity index (χ0n) is 16.3. The molecule has 164 valence electrons. The number of ether oxygens (including phenoxy) is 1. The zero-order chi connectivity index (χ0) is 21.5. The van der Waals surface area contributed by atoms with Gasteiger partial charge >= 0.3 is 0 Å². The second kappa shape index (κ2) is 8.22. The Morgan fingerprint density at radius 2 is 2.00 bits per heavy atom. The first-order chi connectivity index (χ1) is 15.1. The molecule has 13 heteroatoms. The third kappa shape index (κ3) is 3.50. The van der Waals surface area contributed by atoms with Gasteiger partial charge in [-0.25, -0.2) is 24.9 Å². The van der Waals surface area contributed by atoms with E-state index in [1.165, 1.54) is 23.5 Å². The van der Waals surface area contributed by atoms with Gasteiger partial charge in [-0.05, 0) is 13.0 Å². The van der Waals surface area contributed by atoms with Gasteiger partial charge in [-0.3, -0.25) is 4.57 Å². The molecule has 0 aliphatic carbocycles. The molecular weight excluding hydrogens is 428 g/mol. The molecule has 2 aliphatic heterocycles. The van der Waals surface area contributed by atoms with E-state index in [2.05, 4.69) is 30.2 Å².